The lowest BCUT2D eigenvalue weighted by molar-refractivity contribution is -0.109. The Hall–Kier alpha value is -3.36. The van der Waals surface area contributed by atoms with Gasteiger partial charge in [-0.3, -0.25) is 9.59 Å². The van der Waals surface area contributed by atoms with Gasteiger partial charge in [-0.2, -0.15) is 0 Å². The molecule has 0 spiro atoms. The van der Waals surface area contributed by atoms with Crippen LogP contribution >= 0.6 is 0 Å². The number of hydrogen-bond donors (Lipinski definition) is 4. The fourth-order valence-corrected chi connectivity index (χ4v) is 2.28. The predicted octanol–water partition coefficient (Wildman–Crippen LogP) is 1.54. The number of benzene rings is 1. The lowest BCUT2D eigenvalue weighted by Crippen LogP contribution is -2.22. The molecule has 5 N–H and O–H groups in total. The third-order valence-corrected chi connectivity index (χ3v) is 3.44. The summed E-state index contributed by atoms with van der Waals surface area (Å²) in [5.74, 6) is -0.874. The van der Waals surface area contributed by atoms with Gasteiger partial charge in [0.15, 0.2) is 11.6 Å². The second-order valence-corrected chi connectivity index (χ2v) is 5.44. The van der Waals surface area contributed by atoms with Crippen molar-refractivity contribution >= 4 is 29.6 Å². The molecule has 1 heterocycles. The van der Waals surface area contributed by atoms with Gasteiger partial charge in [0.2, 0.25) is 6.41 Å². The molecule has 2 aromatic rings. The number of methoxy groups -OCH3 is 1. The zero-order valence-corrected chi connectivity index (χ0v) is 14.4. The molecule has 0 aliphatic carbocycles. The van der Waals surface area contributed by atoms with Crippen LogP contribution in [0.3, 0.4) is 0 Å². The Morgan fingerprint density at radius 2 is 2.04 bits per heavy atom. The number of nitrogens with zero attached hydrogens (tertiary/aromatic N) is 1. The lowest BCUT2D eigenvalue weighted by atomic mass is 10.2. The van der Waals surface area contributed by atoms with Crippen molar-refractivity contribution in [1.82, 2.24) is 10.3 Å². The first-order chi connectivity index (χ1) is 12.4. The number of nitrogens with one attached hydrogen (secondary N) is 3. The second kappa shape index (κ2) is 8.65. The van der Waals surface area contributed by atoms with Crippen LogP contribution in [0.5, 0.6) is 5.75 Å². The largest absolute Gasteiger partial charge is 0.497 e. The van der Waals surface area contributed by atoms with Crippen molar-refractivity contribution in [2.75, 3.05) is 30.8 Å². The number of ether oxygens (including phenoxy) is 1. The normalized spacial score (nSPS) is 10.1. The number of amides is 2. The molecule has 0 aliphatic heterocycles. The van der Waals surface area contributed by atoms with Crippen molar-refractivity contribution in [2.24, 2.45) is 5.73 Å². The van der Waals surface area contributed by atoms with Crippen molar-refractivity contribution in [1.29, 1.82) is 0 Å². The van der Waals surface area contributed by atoms with Gasteiger partial charge >= 0.3 is 0 Å². The predicted molar refractivity (Wildman–Crippen MR) is 96.3 cm³/mol. The Balaban J connectivity index is 2.33. The lowest BCUT2D eigenvalue weighted by Gasteiger charge is -2.14. The van der Waals surface area contributed by atoms with Gasteiger partial charge in [-0.1, -0.05) is 0 Å². The minimum Gasteiger partial charge on any atom is -0.497 e. The van der Waals surface area contributed by atoms with E-state index < -0.39 is 11.7 Å². The first kappa shape index (κ1) is 19.0. The number of hydrogen-bond acceptors (Lipinski definition) is 6. The topological polar surface area (TPSA) is 118 Å². The van der Waals surface area contributed by atoms with Crippen LogP contribution in [0.15, 0.2) is 24.3 Å². The number of halogens is 1. The van der Waals surface area contributed by atoms with Gasteiger partial charge < -0.3 is 26.4 Å². The van der Waals surface area contributed by atoms with Gasteiger partial charge in [0.1, 0.15) is 11.6 Å². The average molecular weight is 361 g/mol. The molecular formula is C17H20FN5O3. The molecule has 0 radical (unpaired) electrons. The molecule has 0 saturated carbocycles. The fourth-order valence-electron chi connectivity index (χ4n) is 2.28. The molecular weight excluding hydrogens is 341 g/mol. The summed E-state index contributed by atoms with van der Waals surface area (Å²) in [6, 6.07) is 6.38. The van der Waals surface area contributed by atoms with Gasteiger partial charge in [0.05, 0.1) is 12.7 Å². The summed E-state index contributed by atoms with van der Waals surface area (Å²) in [5.41, 5.74) is 6.78. The van der Waals surface area contributed by atoms with E-state index >= 15 is 0 Å². The van der Waals surface area contributed by atoms with Crippen molar-refractivity contribution in [3.05, 3.63) is 41.2 Å². The highest BCUT2D eigenvalue weighted by Crippen LogP contribution is 2.26. The fraction of sp³-hybridized carbons (Fsp3) is 0.235. The van der Waals surface area contributed by atoms with E-state index in [2.05, 4.69) is 20.9 Å². The molecule has 0 aliphatic rings. The molecule has 0 saturated heterocycles. The highest BCUT2D eigenvalue weighted by atomic mass is 19.1. The van der Waals surface area contributed by atoms with E-state index in [1.807, 2.05) is 19.1 Å². The maximum Gasteiger partial charge on any atom is 0.252 e. The number of aromatic nitrogens is 1. The number of carbonyl (C=O) groups is 2. The van der Waals surface area contributed by atoms with Crippen LogP contribution in [0.2, 0.25) is 0 Å². The summed E-state index contributed by atoms with van der Waals surface area (Å²) in [5, 5.41) is 8.16. The molecule has 0 bridgehead atoms. The third-order valence-electron chi connectivity index (χ3n) is 3.44. The molecule has 1 aromatic heterocycles. The number of rotatable bonds is 9. The van der Waals surface area contributed by atoms with Crippen LogP contribution in [0.4, 0.5) is 21.7 Å². The summed E-state index contributed by atoms with van der Waals surface area (Å²) in [6.45, 7) is 2.43. The van der Waals surface area contributed by atoms with Crippen LogP contribution in [0.25, 0.3) is 0 Å². The number of pyridine rings is 1. The number of aryl methyl sites for hydroxylation is 1. The molecule has 1 aromatic carbocycles. The van der Waals surface area contributed by atoms with Crippen molar-refractivity contribution in [3.8, 4) is 5.75 Å². The average Bonchev–Trinajstić information content (AvgIpc) is 2.60. The van der Waals surface area contributed by atoms with Gasteiger partial charge in [-0.15, -0.1) is 0 Å². The number of primary amides is 1. The van der Waals surface area contributed by atoms with E-state index in [9.17, 15) is 14.0 Å². The first-order valence-corrected chi connectivity index (χ1v) is 7.78. The van der Waals surface area contributed by atoms with Crippen LogP contribution in [0, 0.1) is 12.7 Å². The maximum absolute atomic E-state index is 14.2. The summed E-state index contributed by atoms with van der Waals surface area (Å²) in [7, 11) is 1.54. The summed E-state index contributed by atoms with van der Waals surface area (Å²) in [4.78, 5) is 26.0. The van der Waals surface area contributed by atoms with E-state index in [4.69, 9.17) is 10.5 Å². The summed E-state index contributed by atoms with van der Waals surface area (Å²) < 4.78 is 19.4. The SMILES string of the molecule is COc1cc(C)cc(Nc2nc(NCCNC=O)c(F)cc2C(N)=O)c1. The maximum atomic E-state index is 14.2. The van der Waals surface area contributed by atoms with Gasteiger partial charge in [0.25, 0.3) is 5.91 Å². The van der Waals surface area contributed by atoms with Gasteiger partial charge in [-0.05, 0) is 30.7 Å². The molecule has 0 fully saturated rings. The Morgan fingerprint density at radius 3 is 2.69 bits per heavy atom. The smallest absolute Gasteiger partial charge is 0.252 e. The highest BCUT2D eigenvalue weighted by molar-refractivity contribution is 5.98. The summed E-state index contributed by atoms with van der Waals surface area (Å²) in [6.07, 6.45) is 0.541. The van der Waals surface area contributed by atoms with E-state index in [0.717, 1.165) is 11.6 Å². The molecule has 8 nitrogen and oxygen atoms in total. The Labute approximate surface area is 149 Å². The second-order valence-electron chi connectivity index (χ2n) is 5.44. The molecule has 9 heteroatoms. The zero-order valence-electron chi connectivity index (χ0n) is 14.4. The molecule has 0 unspecified atom stereocenters. The molecule has 2 rings (SSSR count). The van der Waals surface area contributed by atoms with E-state index in [0.29, 0.717) is 24.4 Å². The van der Waals surface area contributed by atoms with Crippen molar-refractivity contribution in [3.63, 3.8) is 0 Å². The Morgan fingerprint density at radius 1 is 1.27 bits per heavy atom. The first-order valence-electron chi connectivity index (χ1n) is 7.78. The minimum atomic E-state index is -0.812. The number of anilines is 3. The van der Waals surface area contributed by atoms with E-state index in [-0.39, 0.29) is 23.7 Å². The quantitative estimate of drug-likeness (QED) is 0.397. The molecule has 2 amide bonds. The standard InChI is InChI=1S/C17H20FN5O3/c1-10-5-11(7-12(6-10)26-2)22-16-13(15(19)25)8-14(18)17(23-16)21-4-3-20-9-24/h5-9H,3-4H2,1-2H3,(H2,19,25)(H,20,24)(H2,21,22,23). The third kappa shape index (κ3) is 4.82. The number of nitrogens with two attached hydrogens (primary N) is 1. The molecule has 0 atom stereocenters. The highest BCUT2D eigenvalue weighted by Gasteiger charge is 2.16. The van der Waals surface area contributed by atoms with Gasteiger partial charge in [0, 0.05) is 24.8 Å². The van der Waals surface area contributed by atoms with Crippen LogP contribution in [-0.2, 0) is 4.79 Å². The Bertz CT molecular complexity index is 813. The van der Waals surface area contributed by atoms with Gasteiger partial charge in [-0.25, -0.2) is 9.37 Å². The number of carbonyl (C=O) groups excluding carboxylic acids is 2. The van der Waals surface area contributed by atoms with E-state index in [1.54, 1.807) is 13.2 Å². The Kier molecular flexibility index (Phi) is 6.31. The molecule has 138 valence electrons. The van der Waals surface area contributed by atoms with Crippen LogP contribution in [-0.4, -0.2) is 37.5 Å². The van der Waals surface area contributed by atoms with E-state index in [1.165, 1.54) is 0 Å². The summed E-state index contributed by atoms with van der Waals surface area (Å²) >= 11 is 0. The monoisotopic (exact) mass is 361 g/mol. The van der Waals surface area contributed by atoms with Crippen molar-refractivity contribution < 1.29 is 18.7 Å². The van der Waals surface area contributed by atoms with Crippen molar-refractivity contribution in [2.45, 2.75) is 6.92 Å². The molecule has 26 heavy (non-hydrogen) atoms. The minimum absolute atomic E-state index is 0.0650. The zero-order chi connectivity index (χ0) is 19.1. The van der Waals surface area contributed by atoms with Crippen LogP contribution in [0.1, 0.15) is 15.9 Å². The van der Waals surface area contributed by atoms with Crippen LogP contribution < -0.4 is 26.4 Å².